The van der Waals surface area contributed by atoms with Crippen molar-refractivity contribution in [2.24, 2.45) is 5.11 Å². The van der Waals surface area contributed by atoms with Crippen LogP contribution in [0.5, 0.6) is 0 Å². The largest absolute Gasteiger partial charge is 0.433 e. The molecule has 1 fully saturated rings. The van der Waals surface area contributed by atoms with Crippen molar-refractivity contribution in [2.45, 2.75) is 0 Å². The van der Waals surface area contributed by atoms with Crippen LogP contribution in [-0.4, -0.2) is 41.9 Å². The molecule has 1 aromatic carbocycles. The van der Waals surface area contributed by atoms with Crippen LogP contribution in [0.25, 0.3) is 10.4 Å². The molecule has 0 radical (unpaired) electrons. The fourth-order valence-corrected chi connectivity index (χ4v) is 2.71. The van der Waals surface area contributed by atoms with E-state index < -0.39 is 22.5 Å². The van der Waals surface area contributed by atoms with Gasteiger partial charge in [-0.15, -0.1) is 0 Å². The third-order valence-electron chi connectivity index (χ3n) is 3.98. The zero-order chi connectivity index (χ0) is 18.7. The number of carbonyl (C=O) groups excluding carboxylic acids is 1. The quantitative estimate of drug-likeness (QED) is 0.272. The van der Waals surface area contributed by atoms with Crippen LogP contribution in [0, 0.1) is 15.9 Å². The zero-order valence-corrected chi connectivity index (χ0v) is 13.4. The normalized spacial score (nSPS) is 14.0. The van der Waals surface area contributed by atoms with Crippen LogP contribution in [0.4, 0.5) is 21.6 Å². The molecule has 0 unspecified atom stereocenters. The fraction of sp³-hybridized carbons (Fsp3) is 0.267. The van der Waals surface area contributed by atoms with E-state index in [2.05, 4.69) is 10.0 Å². The van der Waals surface area contributed by atoms with Crippen LogP contribution in [-0.2, 0) is 0 Å². The summed E-state index contributed by atoms with van der Waals surface area (Å²) in [5, 5.41) is 14.0. The van der Waals surface area contributed by atoms with Gasteiger partial charge in [-0.25, -0.2) is 4.39 Å². The molecule has 1 aliphatic rings. The van der Waals surface area contributed by atoms with Crippen LogP contribution in [0.3, 0.4) is 0 Å². The molecule has 1 amide bonds. The Morgan fingerprint density at radius 3 is 2.58 bits per heavy atom. The number of benzene rings is 1. The van der Waals surface area contributed by atoms with Crippen LogP contribution < -0.4 is 4.90 Å². The Kier molecular flexibility index (Phi) is 4.72. The average Bonchev–Trinajstić information content (AvgIpc) is 3.12. The average molecular weight is 360 g/mol. The summed E-state index contributed by atoms with van der Waals surface area (Å²) in [6, 6.07) is 6.57. The number of hydrogen-bond acceptors (Lipinski definition) is 6. The summed E-state index contributed by atoms with van der Waals surface area (Å²) < 4.78 is 19.1. The second-order valence-electron chi connectivity index (χ2n) is 5.50. The molecular weight excluding hydrogens is 347 g/mol. The Balaban J connectivity index is 1.66. The van der Waals surface area contributed by atoms with Gasteiger partial charge in [-0.2, -0.15) is 0 Å². The van der Waals surface area contributed by atoms with Gasteiger partial charge in [0.2, 0.25) is 0 Å². The number of nitrogens with zero attached hydrogens (tertiary/aromatic N) is 6. The molecule has 0 saturated carbocycles. The summed E-state index contributed by atoms with van der Waals surface area (Å²) >= 11 is 0. The smallest absolute Gasteiger partial charge is 0.395 e. The topological polar surface area (TPSA) is 129 Å². The third-order valence-corrected chi connectivity index (χ3v) is 3.98. The van der Waals surface area contributed by atoms with Gasteiger partial charge in [-0.1, -0.05) is 11.2 Å². The molecule has 0 atom stereocenters. The van der Waals surface area contributed by atoms with Crippen LogP contribution in [0.15, 0.2) is 39.9 Å². The van der Waals surface area contributed by atoms with Gasteiger partial charge in [0, 0.05) is 36.8 Å². The lowest BCUT2D eigenvalue weighted by Crippen LogP contribution is -2.49. The summed E-state index contributed by atoms with van der Waals surface area (Å²) in [6.45, 7) is 1.38. The third kappa shape index (κ3) is 3.42. The maximum Gasteiger partial charge on any atom is 0.433 e. The standard InChI is InChI=1S/C15H13FN6O4/c16-11-9-10(18-19-17)1-2-12(11)20-5-7-21(8-6-20)15(23)13-3-4-14(26-13)22(24)25/h1-4,9H,5-8H2. The molecule has 1 aromatic heterocycles. The lowest BCUT2D eigenvalue weighted by molar-refractivity contribution is -0.402. The molecule has 10 nitrogen and oxygen atoms in total. The van der Waals surface area contributed by atoms with E-state index in [-0.39, 0.29) is 11.4 Å². The molecule has 26 heavy (non-hydrogen) atoms. The van der Waals surface area contributed by atoms with Gasteiger partial charge in [-0.3, -0.25) is 14.9 Å². The lowest BCUT2D eigenvalue weighted by Gasteiger charge is -2.35. The number of anilines is 1. The number of amides is 1. The van der Waals surface area contributed by atoms with E-state index in [1.807, 2.05) is 0 Å². The molecule has 2 aromatic rings. The van der Waals surface area contributed by atoms with E-state index in [0.717, 1.165) is 12.1 Å². The first-order valence-electron chi connectivity index (χ1n) is 7.62. The zero-order valence-electron chi connectivity index (χ0n) is 13.4. The molecule has 0 spiro atoms. The van der Waals surface area contributed by atoms with E-state index in [4.69, 9.17) is 9.95 Å². The van der Waals surface area contributed by atoms with E-state index >= 15 is 0 Å². The molecule has 0 bridgehead atoms. The molecule has 0 aliphatic carbocycles. The monoisotopic (exact) mass is 360 g/mol. The van der Waals surface area contributed by atoms with Gasteiger partial charge >= 0.3 is 5.88 Å². The first-order valence-corrected chi connectivity index (χ1v) is 7.62. The van der Waals surface area contributed by atoms with Gasteiger partial charge in [0.1, 0.15) is 10.7 Å². The summed E-state index contributed by atoms with van der Waals surface area (Å²) in [5.41, 5.74) is 8.91. The fourth-order valence-electron chi connectivity index (χ4n) is 2.71. The van der Waals surface area contributed by atoms with Crippen molar-refractivity contribution in [3.63, 3.8) is 0 Å². The highest BCUT2D eigenvalue weighted by molar-refractivity contribution is 5.92. The van der Waals surface area contributed by atoms with Gasteiger partial charge in [0.25, 0.3) is 5.91 Å². The molecule has 2 heterocycles. The number of nitro groups is 1. The van der Waals surface area contributed by atoms with Gasteiger partial charge < -0.3 is 14.2 Å². The van der Waals surface area contributed by atoms with E-state index in [0.29, 0.717) is 31.9 Å². The Morgan fingerprint density at radius 1 is 1.27 bits per heavy atom. The van der Waals surface area contributed by atoms with Gasteiger partial charge in [0.05, 0.1) is 11.8 Å². The summed E-state index contributed by atoms with van der Waals surface area (Å²) in [6.07, 6.45) is 0. The highest BCUT2D eigenvalue weighted by atomic mass is 19.1. The number of piperazine rings is 1. The summed E-state index contributed by atoms with van der Waals surface area (Å²) in [7, 11) is 0. The van der Waals surface area contributed by atoms with Crippen molar-refractivity contribution in [3.8, 4) is 0 Å². The second kappa shape index (κ2) is 7.11. The molecule has 1 saturated heterocycles. The number of rotatable bonds is 4. The maximum absolute atomic E-state index is 14.2. The Hall–Kier alpha value is -3.59. The van der Waals surface area contributed by atoms with Crippen LogP contribution >= 0.6 is 0 Å². The molecule has 134 valence electrons. The van der Waals surface area contributed by atoms with Crippen molar-refractivity contribution in [1.82, 2.24) is 4.90 Å². The molecule has 3 rings (SSSR count). The predicted molar refractivity (Wildman–Crippen MR) is 88.7 cm³/mol. The summed E-state index contributed by atoms with van der Waals surface area (Å²) in [5.74, 6) is -1.56. The van der Waals surface area contributed by atoms with Crippen molar-refractivity contribution in [3.05, 3.63) is 62.5 Å². The van der Waals surface area contributed by atoms with E-state index in [1.165, 1.54) is 23.1 Å². The van der Waals surface area contributed by atoms with Crippen molar-refractivity contribution in [2.75, 3.05) is 31.1 Å². The minimum Gasteiger partial charge on any atom is -0.395 e. The van der Waals surface area contributed by atoms with Crippen LogP contribution in [0.1, 0.15) is 10.6 Å². The van der Waals surface area contributed by atoms with Crippen LogP contribution in [0.2, 0.25) is 0 Å². The lowest BCUT2D eigenvalue weighted by atomic mass is 10.2. The highest BCUT2D eigenvalue weighted by Gasteiger charge is 2.26. The van der Waals surface area contributed by atoms with Gasteiger partial charge in [0.15, 0.2) is 5.76 Å². The molecule has 11 heteroatoms. The Labute approximate surface area is 146 Å². The number of halogens is 1. The van der Waals surface area contributed by atoms with Crippen molar-refractivity contribution in [1.29, 1.82) is 0 Å². The predicted octanol–water partition coefficient (Wildman–Crippen LogP) is 3.23. The first-order chi connectivity index (χ1) is 12.5. The highest BCUT2D eigenvalue weighted by Crippen LogP contribution is 2.26. The Bertz CT molecular complexity index is 899. The second-order valence-corrected chi connectivity index (χ2v) is 5.50. The number of carbonyl (C=O) groups is 1. The molecule has 0 N–H and O–H groups in total. The maximum atomic E-state index is 14.2. The Morgan fingerprint density at radius 2 is 2.00 bits per heavy atom. The SMILES string of the molecule is [N-]=[N+]=Nc1ccc(N2CCN(C(=O)c3ccc([N+](=O)[O-])o3)CC2)c(F)c1. The van der Waals surface area contributed by atoms with E-state index in [1.54, 1.807) is 4.90 Å². The minimum absolute atomic E-state index is 0.102. The molecule has 1 aliphatic heterocycles. The van der Waals surface area contributed by atoms with Crippen molar-refractivity contribution >= 4 is 23.2 Å². The molecular formula is C15H13FN6O4. The summed E-state index contributed by atoms with van der Waals surface area (Å²) in [4.78, 5) is 28.1. The van der Waals surface area contributed by atoms with E-state index in [9.17, 15) is 19.3 Å². The first kappa shape index (κ1) is 17.2. The minimum atomic E-state index is -0.711. The van der Waals surface area contributed by atoms with Gasteiger partial charge in [-0.05, 0) is 23.7 Å². The number of hydrogen-bond donors (Lipinski definition) is 0. The van der Waals surface area contributed by atoms with Crippen molar-refractivity contribution < 1.29 is 18.5 Å². The number of azide groups is 1. The number of furan rings is 1.